The molecule has 1 aliphatic rings. The Bertz CT molecular complexity index is 901. The number of benzene rings is 2. The van der Waals surface area contributed by atoms with Gasteiger partial charge in [-0.25, -0.2) is 4.39 Å². The van der Waals surface area contributed by atoms with Crippen LogP contribution < -0.4 is 10.2 Å². The van der Waals surface area contributed by atoms with Gasteiger partial charge < -0.3 is 15.1 Å². The molecule has 7 heteroatoms. The van der Waals surface area contributed by atoms with E-state index in [4.69, 9.17) is 11.6 Å². The van der Waals surface area contributed by atoms with E-state index in [9.17, 15) is 14.0 Å². The summed E-state index contributed by atoms with van der Waals surface area (Å²) in [6.45, 7) is 8.48. The van der Waals surface area contributed by atoms with E-state index in [2.05, 4.69) is 10.2 Å². The number of carbonyl (C=O) groups excluding carboxylic acids is 2. The Morgan fingerprint density at radius 3 is 2.17 bits per heavy atom. The number of rotatable bonds is 3. The number of hydrogen-bond donors (Lipinski definition) is 1. The van der Waals surface area contributed by atoms with Gasteiger partial charge in [0.2, 0.25) is 5.91 Å². The summed E-state index contributed by atoms with van der Waals surface area (Å²) in [5.41, 5.74) is 1.42. The molecule has 0 bridgehead atoms. The standard InChI is InChI=1S/C22H25ClFN3O2/c1-22(2,3)21(29)27-12-10-26(11-13-27)19-9-8-17(14-18(19)23)25-20(28)15-4-6-16(24)7-5-15/h4-9,14H,10-13H2,1-3H3,(H,25,28). The third kappa shape index (κ3) is 5.07. The molecule has 29 heavy (non-hydrogen) atoms. The predicted molar refractivity (Wildman–Crippen MR) is 114 cm³/mol. The summed E-state index contributed by atoms with van der Waals surface area (Å²) in [7, 11) is 0. The van der Waals surface area contributed by atoms with Crippen molar-refractivity contribution >= 4 is 34.8 Å². The van der Waals surface area contributed by atoms with Crippen LogP contribution in [0.2, 0.25) is 5.02 Å². The lowest BCUT2D eigenvalue weighted by molar-refractivity contribution is -0.139. The van der Waals surface area contributed by atoms with Gasteiger partial charge in [-0.3, -0.25) is 9.59 Å². The summed E-state index contributed by atoms with van der Waals surface area (Å²) in [5.74, 6) is -0.566. The Balaban J connectivity index is 1.64. The first-order valence-corrected chi connectivity index (χ1v) is 9.94. The largest absolute Gasteiger partial charge is 0.367 e. The molecule has 0 unspecified atom stereocenters. The van der Waals surface area contributed by atoms with E-state index in [1.807, 2.05) is 31.7 Å². The maximum Gasteiger partial charge on any atom is 0.255 e. The molecule has 5 nitrogen and oxygen atoms in total. The fraction of sp³-hybridized carbons (Fsp3) is 0.364. The fourth-order valence-electron chi connectivity index (χ4n) is 3.27. The minimum Gasteiger partial charge on any atom is -0.367 e. The number of anilines is 2. The normalized spacial score (nSPS) is 14.7. The molecule has 0 atom stereocenters. The summed E-state index contributed by atoms with van der Waals surface area (Å²) in [6, 6.07) is 10.7. The van der Waals surface area contributed by atoms with Crippen molar-refractivity contribution in [2.24, 2.45) is 5.41 Å². The summed E-state index contributed by atoms with van der Waals surface area (Å²) in [6.07, 6.45) is 0. The molecule has 3 rings (SSSR count). The van der Waals surface area contributed by atoms with E-state index in [1.165, 1.54) is 24.3 Å². The first-order valence-electron chi connectivity index (χ1n) is 9.56. The van der Waals surface area contributed by atoms with Gasteiger partial charge in [0.25, 0.3) is 5.91 Å². The zero-order valence-corrected chi connectivity index (χ0v) is 17.6. The van der Waals surface area contributed by atoms with Gasteiger partial charge in [0.15, 0.2) is 0 Å². The predicted octanol–water partition coefficient (Wildman–Crippen LogP) is 4.43. The van der Waals surface area contributed by atoms with Gasteiger partial charge in [0.05, 0.1) is 10.7 Å². The lowest BCUT2D eigenvalue weighted by Crippen LogP contribution is -2.51. The number of hydrogen-bond acceptors (Lipinski definition) is 3. The first kappa shape index (κ1) is 21.1. The minimum atomic E-state index is -0.391. The third-order valence-electron chi connectivity index (χ3n) is 4.86. The van der Waals surface area contributed by atoms with Gasteiger partial charge in [0.1, 0.15) is 5.82 Å². The number of halogens is 2. The van der Waals surface area contributed by atoms with E-state index in [0.29, 0.717) is 42.5 Å². The van der Waals surface area contributed by atoms with Crippen LogP contribution in [0.25, 0.3) is 0 Å². The lowest BCUT2D eigenvalue weighted by atomic mass is 9.94. The number of carbonyl (C=O) groups is 2. The Hall–Kier alpha value is -2.60. The first-order chi connectivity index (χ1) is 13.6. The average Bonchev–Trinajstić information content (AvgIpc) is 2.67. The van der Waals surface area contributed by atoms with Crippen molar-refractivity contribution in [3.63, 3.8) is 0 Å². The molecule has 154 valence electrons. The van der Waals surface area contributed by atoms with Crippen LogP contribution in [-0.4, -0.2) is 42.9 Å². The van der Waals surface area contributed by atoms with Gasteiger partial charge in [-0.2, -0.15) is 0 Å². The third-order valence-corrected chi connectivity index (χ3v) is 5.16. The second-order valence-electron chi connectivity index (χ2n) is 8.16. The number of nitrogens with zero attached hydrogens (tertiary/aromatic N) is 2. The number of piperazine rings is 1. The molecule has 1 aliphatic heterocycles. The highest BCUT2D eigenvalue weighted by Crippen LogP contribution is 2.30. The van der Waals surface area contributed by atoms with Gasteiger partial charge in [-0.15, -0.1) is 0 Å². The monoisotopic (exact) mass is 417 g/mol. The molecule has 0 aliphatic carbocycles. The fourth-order valence-corrected chi connectivity index (χ4v) is 3.57. The van der Waals surface area contributed by atoms with Crippen LogP contribution >= 0.6 is 11.6 Å². The smallest absolute Gasteiger partial charge is 0.255 e. The zero-order chi connectivity index (χ0) is 21.2. The van der Waals surface area contributed by atoms with Crippen LogP contribution in [0.4, 0.5) is 15.8 Å². The lowest BCUT2D eigenvalue weighted by Gasteiger charge is -2.39. The van der Waals surface area contributed by atoms with Crippen molar-refractivity contribution in [3.05, 3.63) is 58.9 Å². The van der Waals surface area contributed by atoms with Crippen LogP contribution in [-0.2, 0) is 4.79 Å². The summed E-state index contributed by atoms with van der Waals surface area (Å²) in [4.78, 5) is 28.7. The van der Waals surface area contributed by atoms with Crippen molar-refractivity contribution in [2.45, 2.75) is 20.8 Å². The van der Waals surface area contributed by atoms with E-state index < -0.39 is 5.82 Å². The van der Waals surface area contributed by atoms with Gasteiger partial charge in [-0.05, 0) is 42.5 Å². The highest BCUT2D eigenvalue weighted by atomic mass is 35.5. The molecule has 0 saturated carbocycles. The quantitative estimate of drug-likeness (QED) is 0.803. The molecule has 2 aromatic rings. The van der Waals surface area contributed by atoms with Crippen molar-refractivity contribution in [1.82, 2.24) is 4.90 Å². The molecule has 1 N–H and O–H groups in total. The second-order valence-corrected chi connectivity index (χ2v) is 8.56. The number of nitrogens with one attached hydrogen (secondary N) is 1. The summed E-state index contributed by atoms with van der Waals surface area (Å²) < 4.78 is 13.0. The molecule has 2 aromatic carbocycles. The van der Waals surface area contributed by atoms with Crippen molar-refractivity contribution in [1.29, 1.82) is 0 Å². The van der Waals surface area contributed by atoms with Gasteiger partial charge >= 0.3 is 0 Å². The Labute approximate surface area is 175 Å². The second kappa shape index (κ2) is 8.41. The van der Waals surface area contributed by atoms with Crippen LogP contribution in [0.3, 0.4) is 0 Å². The SMILES string of the molecule is CC(C)(C)C(=O)N1CCN(c2ccc(NC(=O)c3ccc(F)cc3)cc2Cl)CC1. The van der Waals surface area contributed by atoms with Crippen molar-refractivity contribution < 1.29 is 14.0 Å². The molecule has 1 saturated heterocycles. The molecule has 0 radical (unpaired) electrons. The maximum atomic E-state index is 13.0. The zero-order valence-electron chi connectivity index (χ0n) is 16.8. The molecule has 0 aromatic heterocycles. The molecule has 2 amide bonds. The molecule has 1 heterocycles. The van der Waals surface area contributed by atoms with Gasteiger partial charge in [0, 0.05) is 42.8 Å². The highest BCUT2D eigenvalue weighted by Gasteiger charge is 2.30. The average molecular weight is 418 g/mol. The summed E-state index contributed by atoms with van der Waals surface area (Å²) in [5, 5.41) is 3.30. The Morgan fingerprint density at radius 1 is 1.00 bits per heavy atom. The van der Waals surface area contributed by atoms with E-state index in [1.54, 1.807) is 12.1 Å². The highest BCUT2D eigenvalue weighted by molar-refractivity contribution is 6.33. The topological polar surface area (TPSA) is 52.7 Å². The van der Waals surface area contributed by atoms with Crippen LogP contribution in [0, 0.1) is 11.2 Å². The van der Waals surface area contributed by atoms with E-state index >= 15 is 0 Å². The van der Waals surface area contributed by atoms with Crippen LogP contribution in [0.15, 0.2) is 42.5 Å². The van der Waals surface area contributed by atoms with E-state index in [0.717, 1.165) is 5.69 Å². The Kier molecular flexibility index (Phi) is 6.13. The van der Waals surface area contributed by atoms with Crippen molar-refractivity contribution in [3.8, 4) is 0 Å². The summed E-state index contributed by atoms with van der Waals surface area (Å²) >= 11 is 6.46. The Morgan fingerprint density at radius 2 is 1.62 bits per heavy atom. The van der Waals surface area contributed by atoms with E-state index in [-0.39, 0.29) is 17.2 Å². The molecular formula is C22H25ClFN3O2. The molecular weight excluding hydrogens is 393 g/mol. The maximum absolute atomic E-state index is 13.0. The number of amides is 2. The molecule has 1 fully saturated rings. The van der Waals surface area contributed by atoms with Crippen LogP contribution in [0.1, 0.15) is 31.1 Å². The van der Waals surface area contributed by atoms with Gasteiger partial charge in [-0.1, -0.05) is 32.4 Å². The van der Waals surface area contributed by atoms with Crippen molar-refractivity contribution in [2.75, 3.05) is 36.4 Å². The molecule has 0 spiro atoms. The minimum absolute atomic E-state index is 0.155. The van der Waals surface area contributed by atoms with Crippen LogP contribution in [0.5, 0.6) is 0 Å².